The second-order valence-corrected chi connectivity index (χ2v) is 19.2. The molecule has 0 radical (unpaired) electrons. The van der Waals surface area contributed by atoms with Gasteiger partial charge in [-0.05, 0) is 29.7 Å². The van der Waals surface area contributed by atoms with Gasteiger partial charge >= 0.3 is 6.72 Å². The number of nitrogens with zero attached hydrogens (tertiary/aromatic N) is 6. The maximum absolute atomic E-state index is 16.1. The Morgan fingerprint density at radius 3 is 2.68 bits per heavy atom. The lowest BCUT2D eigenvalue weighted by Crippen LogP contribution is -2.36. The number of nitrogen functional groups attached to an aromatic ring is 2. The highest BCUT2D eigenvalue weighted by molar-refractivity contribution is 8.67. The zero-order chi connectivity index (χ0) is 31.1. The Morgan fingerprint density at radius 1 is 1.09 bits per heavy atom. The largest absolute Gasteiger partial charge is 0.398 e. The lowest BCUT2D eigenvalue weighted by atomic mass is 10.2. The number of hydrogen-bond donors (Lipinski definition) is 6. The lowest BCUT2D eigenvalue weighted by Gasteiger charge is -2.31. The Kier molecular flexibility index (Phi) is 7.63. The SMILES string of the molecule is Nc1ncnc2c1ncn2[C@@H]1O[C@@H]2CSP(O)(=S)O[C@@H]3[C@H](O)[C@H](C[C@H]3n3[nH]c(=O)c4c(N)ccnc43)OP(O)(=S)O[C@H]2[C@H]1F. The maximum atomic E-state index is 16.1. The number of aromatic nitrogens is 7. The van der Waals surface area contributed by atoms with Crippen molar-refractivity contribution in [3.63, 3.8) is 0 Å². The molecule has 236 valence electrons. The molecule has 1 aliphatic carbocycles. The first-order chi connectivity index (χ1) is 20.8. The van der Waals surface area contributed by atoms with Gasteiger partial charge < -0.3 is 40.1 Å². The monoisotopic (exact) mass is 707 g/mol. The molecule has 7 rings (SSSR count). The predicted octanol–water partition coefficient (Wildman–Crippen LogP) is 0.606. The number of alkyl halides is 1. The van der Waals surface area contributed by atoms with Crippen molar-refractivity contribution in [3.05, 3.63) is 35.3 Å². The third kappa shape index (κ3) is 5.18. The van der Waals surface area contributed by atoms with E-state index in [1.165, 1.54) is 34.2 Å². The normalized spacial score (nSPS) is 38.0. The summed E-state index contributed by atoms with van der Waals surface area (Å²) < 4.78 is 42.2. The average molecular weight is 708 g/mol. The number of hydrogen-bond acceptors (Lipinski definition) is 15. The Morgan fingerprint density at radius 2 is 1.89 bits per heavy atom. The number of nitrogens with one attached hydrogen (secondary N) is 1. The summed E-state index contributed by atoms with van der Waals surface area (Å²) in [6.45, 7) is -4.27. The van der Waals surface area contributed by atoms with Gasteiger partial charge in [0.2, 0.25) is 5.69 Å². The Labute approximate surface area is 260 Å². The maximum Gasteiger partial charge on any atom is 0.325 e. The molecule has 4 aromatic rings. The van der Waals surface area contributed by atoms with Crippen molar-refractivity contribution in [2.24, 2.45) is 0 Å². The zero-order valence-corrected chi connectivity index (χ0v) is 26.3. The highest BCUT2D eigenvalue weighted by Gasteiger charge is 2.54. The summed E-state index contributed by atoms with van der Waals surface area (Å²) in [6, 6.07) is 0.558. The van der Waals surface area contributed by atoms with Gasteiger partial charge in [0.25, 0.3) is 5.56 Å². The van der Waals surface area contributed by atoms with Crippen LogP contribution in [0.5, 0.6) is 0 Å². The van der Waals surface area contributed by atoms with Crippen molar-refractivity contribution in [2.45, 2.75) is 55.4 Å². The minimum atomic E-state index is -4.27. The molecule has 8 N–H and O–H groups in total. The topological polar surface area (TPSA) is 244 Å². The lowest BCUT2D eigenvalue weighted by molar-refractivity contribution is -0.0215. The summed E-state index contributed by atoms with van der Waals surface area (Å²) in [5.41, 5.74) is 8.31. The van der Waals surface area contributed by atoms with Crippen molar-refractivity contribution in [1.29, 1.82) is 0 Å². The number of imidazole rings is 1. The molecule has 1 saturated carbocycles. The molecule has 2 saturated heterocycles. The Hall–Kier alpha value is -2.13. The quantitative estimate of drug-likeness (QED) is 0.156. The van der Waals surface area contributed by atoms with Gasteiger partial charge in [-0.3, -0.25) is 23.7 Å². The van der Waals surface area contributed by atoms with Gasteiger partial charge in [-0.1, -0.05) is 11.4 Å². The van der Waals surface area contributed by atoms with Gasteiger partial charge in [-0.15, -0.1) is 0 Å². The number of nitrogens with two attached hydrogens (primary N) is 2. The van der Waals surface area contributed by atoms with Crippen molar-refractivity contribution in [3.8, 4) is 0 Å². The fourth-order valence-electron chi connectivity index (χ4n) is 5.72. The van der Waals surface area contributed by atoms with Crippen LogP contribution in [0.1, 0.15) is 18.7 Å². The number of ether oxygens (including phenoxy) is 1. The molecule has 2 aliphatic heterocycles. The molecule has 10 atom stereocenters. The van der Waals surface area contributed by atoms with Crippen LogP contribution in [0, 0.1) is 0 Å². The van der Waals surface area contributed by atoms with Gasteiger partial charge in [0.05, 0.1) is 24.6 Å². The van der Waals surface area contributed by atoms with E-state index in [-0.39, 0.29) is 45.9 Å². The molecular formula is C21H24FN9O8P2S3. The zero-order valence-electron chi connectivity index (χ0n) is 22.1. The summed E-state index contributed by atoms with van der Waals surface area (Å²) in [5.74, 6) is -0.0757. The number of aromatic amines is 1. The van der Waals surface area contributed by atoms with Crippen LogP contribution in [0.4, 0.5) is 15.9 Å². The second-order valence-electron chi connectivity index (χ2n) is 10.3. The standard InChI is InChI=1S/C21H24FN9O8P2S3/c22-12-16-10(36-21(12)30-6-28-13-17(24)26-5-27-19(13)30)4-44-41(35,43)39-15-8(3-9(14(15)32)37-40(34,42)38-16)31-18-11(20(33)29-31)7(23)1-2-25-18/h1-2,5-6,8-10,12,14-16,21,32H,3-4H2,(H2,23,25)(H,29,33)(H,34,42)(H,35,43)(H2,24,26,27)/t8-,9+,10-,12-,14-,15+,16-,21-,40?,41?/m1/s1. The number of rotatable bonds is 2. The molecule has 17 nitrogen and oxygen atoms in total. The minimum absolute atomic E-state index is 0.0842. The summed E-state index contributed by atoms with van der Waals surface area (Å²) in [4.78, 5) is 51.5. The third-order valence-corrected chi connectivity index (χ3v) is 13.4. The fourth-order valence-corrected chi connectivity index (χ4v) is 11.1. The average Bonchev–Trinajstić information content (AvgIpc) is 3.68. The molecule has 3 aliphatic rings. The number of pyridine rings is 1. The first kappa shape index (κ1) is 30.5. The molecule has 0 spiro atoms. The predicted molar refractivity (Wildman–Crippen MR) is 163 cm³/mol. The molecule has 2 bridgehead atoms. The van der Waals surface area contributed by atoms with E-state index in [1.807, 2.05) is 0 Å². The smallest absolute Gasteiger partial charge is 0.325 e. The van der Waals surface area contributed by atoms with E-state index in [0.29, 0.717) is 0 Å². The van der Waals surface area contributed by atoms with Crippen LogP contribution >= 0.6 is 23.8 Å². The molecular weight excluding hydrogens is 683 g/mol. The Bertz CT molecular complexity index is 1930. The molecule has 6 heterocycles. The third-order valence-electron chi connectivity index (χ3n) is 7.65. The molecule has 0 amide bonds. The summed E-state index contributed by atoms with van der Waals surface area (Å²) >= 11 is 11.5. The molecule has 44 heavy (non-hydrogen) atoms. The van der Waals surface area contributed by atoms with Gasteiger partial charge in [0.1, 0.15) is 35.5 Å². The van der Waals surface area contributed by atoms with Crippen LogP contribution in [0.25, 0.3) is 22.2 Å². The van der Waals surface area contributed by atoms with E-state index in [0.717, 1.165) is 11.4 Å². The summed E-state index contributed by atoms with van der Waals surface area (Å²) in [7, 11) is 0. The number of aliphatic hydroxyl groups excluding tert-OH is 1. The van der Waals surface area contributed by atoms with E-state index in [4.69, 9.17) is 53.4 Å². The van der Waals surface area contributed by atoms with Crippen molar-refractivity contribution < 1.29 is 37.6 Å². The number of halogens is 1. The summed E-state index contributed by atoms with van der Waals surface area (Å²) in [6.07, 6.45) is -6.10. The van der Waals surface area contributed by atoms with Crippen molar-refractivity contribution >= 4 is 81.1 Å². The van der Waals surface area contributed by atoms with E-state index >= 15 is 4.39 Å². The van der Waals surface area contributed by atoms with E-state index in [9.17, 15) is 19.7 Å². The van der Waals surface area contributed by atoms with E-state index in [2.05, 4.69) is 25.0 Å². The van der Waals surface area contributed by atoms with Gasteiger partial charge in [-0.2, -0.15) is 0 Å². The number of aliphatic hydroxyl groups is 1. The number of fused-ring (bicyclic) bond motifs is 5. The number of H-pyrrole nitrogens is 1. The van der Waals surface area contributed by atoms with Crippen molar-refractivity contribution in [2.75, 3.05) is 17.2 Å². The van der Waals surface area contributed by atoms with E-state index < -0.39 is 66.9 Å². The highest BCUT2D eigenvalue weighted by Crippen LogP contribution is 2.62. The molecule has 2 unspecified atom stereocenters. The second kappa shape index (κ2) is 11.0. The van der Waals surface area contributed by atoms with Crippen LogP contribution in [0.15, 0.2) is 29.7 Å². The molecule has 3 fully saturated rings. The van der Waals surface area contributed by atoms with E-state index in [1.54, 1.807) is 0 Å². The summed E-state index contributed by atoms with van der Waals surface area (Å²) in [5, 5.41) is 14.0. The van der Waals surface area contributed by atoms with Crippen LogP contribution in [0.2, 0.25) is 0 Å². The molecule has 0 aromatic carbocycles. The Balaban J connectivity index is 1.22. The minimum Gasteiger partial charge on any atom is -0.398 e. The van der Waals surface area contributed by atoms with Crippen LogP contribution in [0.3, 0.4) is 0 Å². The number of anilines is 2. The van der Waals surface area contributed by atoms with Crippen LogP contribution in [-0.2, 0) is 41.9 Å². The van der Waals surface area contributed by atoms with Crippen LogP contribution < -0.4 is 17.0 Å². The first-order valence-electron chi connectivity index (χ1n) is 12.9. The molecule has 4 aromatic heterocycles. The van der Waals surface area contributed by atoms with Gasteiger partial charge in [0.15, 0.2) is 29.5 Å². The van der Waals surface area contributed by atoms with Gasteiger partial charge in [-0.25, -0.2) is 24.3 Å². The first-order valence-corrected chi connectivity index (χ1v) is 19.8. The van der Waals surface area contributed by atoms with Crippen molar-refractivity contribution in [1.82, 2.24) is 34.3 Å². The fraction of sp³-hybridized carbons (Fsp3) is 0.476. The van der Waals surface area contributed by atoms with Crippen LogP contribution in [-0.4, -0.2) is 91.6 Å². The van der Waals surface area contributed by atoms with Gasteiger partial charge in [0, 0.05) is 24.1 Å². The molecule has 23 heteroatoms. The highest BCUT2D eigenvalue weighted by atomic mass is 32.9.